The molecule has 1 aromatic rings. The molecular weight excluding hydrogens is 286 g/mol. The third-order valence-electron chi connectivity index (χ3n) is 3.28. The van der Waals surface area contributed by atoms with Crippen molar-refractivity contribution in [2.24, 2.45) is 11.7 Å². The van der Waals surface area contributed by atoms with Gasteiger partial charge in [-0.2, -0.15) is 4.31 Å². The Morgan fingerprint density at radius 1 is 1.37 bits per heavy atom. The summed E-state index contributed by atoms with van der Waals surface area (Å²) in [5.41, 5.74) is 5.48. The second-order valence-corrected chi connectivity index (χ2v) is 6.99. The first-order chi connectivity index (χ1) is 8.91. The molecule has 0 radical (unpaired) electrons. The van der Waals surface area contributed by atoms with Gasteiger partial charge in [-0.25, -0.2) is 8.42 Å². The first-order valence-corrected chi connectivity index (χ1v) is 7.82. The molecule has 2 rings (SSSR count). The summed E-state index contributed by atoms with van der Waals surface area (Å²) in [6.45, 7) is 0.745. The quantitative estimate of drug-likeness (QED) is 0.657. The Bertz CT molecular complexity index is 571. The van der Waals surface area contributed by atoms with Crippen molar-refractivity contribution in [2.45, 2.75) is 17.7 Å². The molecule has 0 aromatic heterocycles. The highest BCUT2D eigenvalue weighted by Gasteiger charge is 2.31. The van der Waals surface area contributed by atoms with Crippen molar-refractivity contribution in [3.8, 4) is 0 Å². The fourth-order valence-electron chi connectivity index (χ4n) is 2.17. The van der Waals surface area contributed by atoms with Gasteiger partial charge in [0.25, 0.3) is 0 Å². The van der Waals surface area contributed by atoms with E-state index >= 15 is 0 Å². The monoisotopic (exact) mass is 301 g/mol. The first-order valence-electron chi connectivity index (χ1n) is 6.01. The minimum Gasteiger partial charge on any atom is -0.387 e. The molecule has 1 aliphatic heterocycles. The van der Waals surface area contributed by atoms with Crippen LogP contribution in [0, 0.1) is 11.3 Å². The van der Waals surface area contributed by atoms with Crippen LogP contribution in [0.5, 0.6) is 0 Å². The van der Waals surface area contributed by atoms with Crippen LogP contribution in [-0.2, 0) is 10.0 Å². The molecule has 7 heteroatoms. The zero-order valence-electron chi connectivity index (χ0n) is 10.3. The summed E-state index contributed by atoms with van der Waals surface area (Å²) >= 11 is 5.76. The van der Waals surface area contributed by atoms with E-state index in [1.807, 2.05) is 0 Å². The Morgan fingerprint density at radius 3 is 2.58 bits per heavy atom. The number of nitrogens with one attached hydrogen (secondary N) is 1. The van der Waals surface area contributed by atoms with E-state index in [9.17, 15) is 8.42 Å². The van der Waals surface area contributed by atoms with Crippen molar-refractivity contribution in [1.29, 1.82) is 5.41 Å². The van der Waals surface area contributed by atoms with Crippen molar-refractivity contribution in [3.63, 3.8) is 0 Å². The number of halogens is 1. The molecule has 0 unspecified atom stereocenters. The van der Waals surface area contributed by atoms with E-state index in [1.165, 1.54) is 16.4 Å². The number of nitrogens with two attached hydrogens (primary N) is 1. The summed E-state index contributed by atoms with van der Waals surface area (Å²) in [7, 11) is -3.52. The molecule has 1 atom stereocenters. The average molecular weight is 302 g/mol. The zero-order chi connectivity index (χ0) is 14.0. The van der Waals surface area contributed by atoms with Crippen LogP contribution >= 0.6 is 11.6 Å². The van der Waals surface area contributed by atoms with Gasteiger partial charge >= 0.3 is 0 Å². The van der Waals surface area contributed by atoms with E-state index < -0.39 is 10.0 Å². The molecule has 19 heavy (non-hydrogen) atoms. The predicted octanol–water partition coefficient (Wildman–Crippen LogP) is 1.68. The largest absolute Gasteiger partial charge is 0.387 e. The average Bonchev–Trinajstić information content (AvgIpc) is 2.39. The first kappa shape index (κ1) is 14.3. The molecule has 0 bridgehead atoms. The molecule has 1 fully saturated rings. The molecule has 0 saturated carbocycles. The molecule has 1 heterocycles. The summed E-state index contributed by atoms with van der Waals surface area (Å²) in [5, 5.41) is 7.95. The lowest BCUT2D eigenvalue weighted by Gasteiger charge is -2.31. The van der Waals surface area contributed by atoms with E-state index in [2.05, 4.69) is 0 Å². The van der Waals surface area contributed by atoms with Crippen LogP contribution in [0.25, 0.3) is 0 Å². The van der Waals surface area contributed by atoms with Crippen molar-refractivity contribution >= 4 is 27.5 Å². The maximum atomic E-state index is 12.4. The summed E-state index contributed by atoms with van der Waals surface area (Å²) in [4.78, 5) is 0.223. The lowest BCUT2D eigenvalue weighted by atomic mass is 9.99. The number of hydrogen-bond acceptors (Lipinski definition) is 3. The Balaban J connectivity index is 2.24. The van der Waals surface area contributed by atoms with Gasteiger partial charge in [0.2, 0.25) is 10.0 Å². The Hall–Kier alpha value is -1.11. The topological polar surface area (TPSA) is 87.2 Å². The fourth-order valence-corrected chi connectivity index (χ4v) is 3.82. The summed E-state index contributed by atoms with van der Waals surface area (Å²) < 4.78 is 26.3. The van der Waals surface area contributed by atoms with Crippen molar-refractivity contribution < 1.29 is 8.42 Å². The van der Waals surface area contributed by atoms with Crippen LogP contribution in [0.3, 0.4) is 0 Å². The van der Waals surface area contributed by atoms with Gasteiger partial charge in [0.15, 0.2) is 0 Å². The molecule has 5 nitrogen and oxygen atoms in total. The van der Waals surface area contributed by atoms with E-state index in [4.69, 9.17) is 22.7 Å². The van der Waals surface area contributed by atoms with Crippen molar-refractivity contribution in [3.05, 3.63) is 29.3 Å². The number of sulfonamides is 1. The predicted molar refractivity (Wildman–Crippen MR) is 74.8 cm³/mol. The van der Waals surface area contributed by atoms with Gasteiger partial charge < -0.3 is 5.73 Å². The van der Waals surface area contributed by atoms with Crippen LogP contribution in [0.1, 0.15) is 12.8 Å². The van der Waals surface area contributed by atoms with Gasteiger partial charge in [-0.15, -0.1) is 0 Å². The molecule has 1 aromatic carbocycles. The maximum absolute atomic E-state index is 12.4. The molecule has 3 N–H and O–H groups in total. The van der Waals surface area contributed by atoms with Crippen molar-refractivity contribution in [2.75, 3.05) is 13.1 Å². The van der Waals surface area contributed by atoms with Gasteiger partial charge in [-0.05, 0) is 37.1 Å². The lowest BCUT2D eigenvalue weighted by Crippen LogP contribution is -2.43. The van der Waals surface area contributed by atoms with Crippen LogP contribution in [0.4, 0.5) is 0 Å². The third-order valence-corrected chi connectivity index (χ3v) is 5.41. The molecule has 0 spiro atoms. The van der Waals surface area contributed by atoms with Gasteiger partial charge in [-0.3, -0.25) is 5.41 Å². The summed E-state index contributed by atoms with van der Waals surface area (Å²) in [6, 6.07) is 6.10. The second kappa shape index (κ2) is 5.48. The number of benzene rings is 1. The number of piperidine rings is 1. The molecule has 0 aliphatic carbocycles. The van der Waals surface area contributed by atoms with Crippen LogP contribution in [-0.4, -0.2) is 31.6 Å². The minimum absolute atomic E-state index is 0.0519. The van der Waals surface area contributed by atoms with Crippen LogP contribution in [0.2, 0.25) is 5.02 Å². The minimum atomic E-state index is -3.52. The molecule has 0 amide bonds. The standard InChI is InChI=1S/C12H16ClN3O2S/c13-10-3-5-11(6-4-10)19(17,18)16-7-1-2-9(8-16)12(14)15/h3-6,9H,1-2,7-8H2,(H3,14,15)/t9-/m0/s1. The van der Waals surface area contributed by atoms with Crippen molar-refractivity contribution in [1.82, 2.24) is 4.31 Å². The van der Waals surface area contributed by atoms with Gasteiger partial charge in [0.1, 0.15) is 0 Å². The highest BCUT2D eigenvalue weighted by Crippen LogP contribution is 2.24. The third kappa shape index (κ3) is 3.08. The van der Waals surface area contributed by atoms with Gasteiger partial charge in [-0.1, -0.05) is 11.6 Å². The number of amidine groups is 1. The highest BCUT2D eigenvalue weighted by molar-refractivity contribution is 7.89. The number of nitrogens with zero attached hydrogens (tertiary/aromatic N) is 1. The zero-order valence-corrected chi connectivity index (χ0v) is 11.9. The second-order valence-electron chi connectivity index (χ2n) is 4.61. The SMILES string of the molecule is N=C(N)[C@H]1CCCN(S(=O)(=O)c2ccc(Cl)cc2)C1. The number of hydrogen-bond donors (Lipinski definition) is 2. The lowest BCUT2D eigenvalue weighted by molar-refractivity contribution is 0.310. The van der Waals surface area contributed by atoms with Gasteiger partial charge in [0, 0.05) is 24.0 Å². The molecule has 1 saturated heterocycles. The van der Waals surface area contributed by atoms with E-state index in [0.717, 1.165) is 12.8 Å². The highest BCUT2D eigenvalue weighted by atomic mass is 35.5. The number of rotatable bonds is 3. The van der Waals surface area contributed by atoms with E-state index in [-0.39, 0.29) is 23.2 Å². The molecule has 1 aliphatic rings. The van der Waals surface area contributed by atoms with Crippen LogP contribution < -0.4 is 5.73 Å². The van der Waals surface area contributed by atoms with E-state index in [1.54, 1.807) is 12.1 Å². The molecule has 104 valence electrons. The molecular formula is C12H16ClN3O2S. The maximum Gasteiger partial charge on any atom is 0.243 e. The van der Waals surface area contributed by atoms with Gasteiger partial charge in [0.05, 0.1) is 10.7 Å². The Morgan fingerprint density at radius 2 is 2.00 bits per heavy atom. The smallest absolute Gasteiger partial charge is 0.243 e. The summed E-state index contributed by atoms with van der Waals surface area (Å²) in [5.74, 6) is -0.133. The van der Waals surface area contributed by atoms with Crippen LogP contribution in [0.15, 0.2) is 29.2 Å². The van der Waals surface area contributed by atoms with E-state index in [0.29, 0.717) is 11.6 Å². The Kier molecular flexibility index (Phi) is 4.13. The Labute approximate surface area is 117 Å². The fraction of sp³-hybridized carbons (Fsp3) is 0.417. The summed E-state index contributed by atoms with van der Waals surface area (Å²) in [6.07, 6.45) is 1.49. The normalized spacial score (nSPS) is 21.2.